The van der Waals surface area contributed by atoms with Gasteiger partial charge in [0.05, 0.1) is 6.61 Å². The molecule has 1 heterocycles. The maximum absolute atomic E-state index is 5.34. The van der Waals surface area contributed by atoms with Crippen LogP contribution in [0.1, 0.15) is 52.9 Å². The summed E-state index contributed by atoms with van der Waals surface area (Å²) < 4.78 is 5.34. The summed E-state index contributed by atoms with van der Waals surface area (Å²) in [4.78, 5) is 2.71. The molecule has 0 spiro atoms. The van der Waals surface area contributed by atoms with Gasteiger partial charge in [-0.15, -0.1) is 0 Å². The van der Waals surface area contributed by atoms with E-state index in [-0.39, 0.29) is 0 Å². The Morgan fingerprint density at radius 3 is 2.70 bits per heavy atom. The van der Waals surface area contributed by atoms with E-state index >= 15 is 0 Å². The van der Waals surface area contributed by atoms with Crippen molar-refractivity contribution >= 4 is 0 Å². The van der Waals surface area contributed by atoms with Crippen molar-refractivity contribution in [1.29, 1.82) is 0 Å². The van der Waals surface area contributed by atoms with Crippen LogP contribution in [0, 0.1) is 11.3 Å². The first-order chi connectivity index (χ1) is 9.50. The molecule has 118 valence electrons. The van der Waals surface area contributed by atoms with Crippen LogP contribution in [0.3, 0.4) is 0 Å². The third kappa shape index (κ3) is 4.71. The van der Waals surface area contributed by atoms with Gasteiger partial charge in [-0.2, -0.15) is 0 Å². The quantitative estimate of drug-likeness (QED) is 0.811. The van der Waals surface area contributed by atoms with Gasteiger partial charge >= 0.3 is 0 Å². The molecule has 1 aliphatic carbocycles. The lowest BCUT2D eigenvalue weighted by Crippen LogP contribution is -2.49. The van der Waals surface area contributed by atoms with E-state index in [9.17, 15) is 0 Å². The number of nitrogens with zero attached hydrogens (tertiary/aromatic N) is 1. The Balaban J connectivity index is 1.96. The van der Waals surface area contributed by atoms with E-state index in [4.69, 9.17) is 4.74 Å². The Hall–Kier alpha value is -0.120. The van der Waals surface area contributed by atoms with Crippen LogP contribution in [0.2, 0.25) is 0 Å². The molecular weight excluding hydrogens is 248 g/mol. The summed E-state index contributed by atoms with van der Waals surface area (Å²) in [5.41, 5.74) is 0.497. The molecule has 1 N–H and O–H groups in total. The van der Waals surface area contributed by atoms with Gasteiger partial charge in [0.25, 0.3) is 0 Å². The van der Waals surface area contributed by atoms with Gasteiger partial charge < -0.3 is 10.1 Å². The van der Waals surface area contributed by atoms with Gasteiger partial charge in [-0.1, -0.05) is 20.8 Å². The van der Waals surface area contributed by atoms with Crippen molar-refractivity contribution in [2.24, 2.45) is 11.3 Å². The van der Waals surface area contributed by atoms with Crippen LogP contribution in [0.15, 0.2) is 0 Å². The van der Waals surface area contributed by atoms with Gasteiger partial charge in [0.1, 0.15) is 0 Å². The average molecular weight is 282 g/mol. The van der Waals surface area contributed by atoms with Gasteiger partial charge in [-0.25, -0.2) is 0 Å². The lowest BCUT2D eigenvalue weighted by molar-refractivity contribution is 0.0437. The van der Waals surface area contributed by atoms with Gasteiger partial charge in [0.15, 0.2) is 0 Å². The van der Waals surface area contributed by atoms with Crippen molar-refractivity contribution in [3.8, 4) is 0 Å². The van der Waals surface area contributed by atoms with Crippen LogP contribution >= 0.6 is 0 Å². The van der Waals surface area contributed by atoms with Crippen molar-refractivity contribution in [1.82, 2.24) is 10.2 Å². The summed E-state index contributed by atoms with van der Waals surface area (Å²) in [6, 6.07) is 1.44. The molecule has 2 aliphatic rings. The second-order valence-electron chi connectivity index (χ2n) is 7.85. The second-order valence-corrected chi connectivity index (χ2v) is 7.85. The smallest absolute Gasteiger partial charge is 0.0589 e. The Bertz CT molecular complexity index is 287. The first-order valence-corrected chi connectivity index (χ1v) is 8.46. The van der Waals surface area contributed by atoms with E-state index in [1.165, 1.54) is 45.2 Å². The zero-order valence-corrected chi connectivity index (χ0v) is 14.0. The zero-order chi connectivity index (χ0) is 14.6. The Morgan fingerprint density at radius 2 is 2.10 bits per heavy atom. The molecule has 3 nitrogen and oxygen atoms in total. The summed E-state index contributed by atoms with van der Waals surface area (Å²) in [5.74, 6) is 0.852. The number of nitrogens with one attached hydrogen (secondary N) is 1. The fraction of sp³-hybridized carbons (Fsp3) is 1.00. The molecule has 3 unspecified atom stereocenters. The van der Waals surface area contributed by atoms with E-state index in [1.54, 1.807) is 0 Å². The van der Waals surface area contributed by atoms with Crippen LogP contribution in [0.4, 0.5) is 0 Å². The van der Waals surface area contributed by atoms with E-state index in [0.29, 0.717) is 11.5 Å². The summed E-state index contributed by atoms with van der Waals surface area (Å²) in [7, 11) is 1.82. The standard InChI is InChI=1S/C17H34N2O/c1-14-10-16(12-17(2,3)11-14)19(8-9-20-4)13-15-6-5-7-18-15/h14-16,18H,5-13H2,1-4H3. The van der Waals surface area contributed by atoms with Crippen LogP contribution in [0.25, 0.3) is 0 Å². The Morgan fingerprint density at radius 1 is 1.30 bits per heavy atom. The van der Waals surface area contributed by atoms with E-state index in [2.05, 4.69) is 31.0 Å². The topological polar surface area (TPSA) is 24.5 Å². The third-order valence-electron chi connectivity index (χ3n) is 5.08. The third-order valence-corrected chi connectivity index (χ3v) is 5.08. The number of hydrogen-bond acceptors (Lipinski definition) is 3. The SMILES string of the molecule is COCCN(CC1CCCN1)C1CC(C)CC(C)(C)C1. The number of ether oxygens (including phenoxy) is 1. The maximum Gasteiger partial charge on any atom is 0.0589 e. The Kier molecular flexibility index (Phi) is 5.88. The van der Waals surface area contributed by atoms with Gasteiger partial charge in [0.2, 0.25) is 0 Å². The molecule has 0 aromatic rings. The highest BCUT2D eigenvalue weighted by atomic mass is 16.5. The predicted octanol–water partition coefficient (Wildman–Crippen LogP) is 2.90. The number of rotatable bonds is 6. The number of methoxy groups -OCH3 is 1. The molecule has 0 aromatic heterocycles. The fourth-order valence-electron chi connectivity index (χ4n) is 4.40. The molecule has 0 bridgehead atoms. The minimum absolute atomic E-state index is 0.497. The maximum atomic E-state index is 5.34. The van der Waals surface area contributed by atoms with Gasteiger partial charge in [-0.05, 0) is 50.0 Å². The summed E-state index contributed by atoms with van der Waals surface area (Å²) >= 11 is 0. The van der Waals surface area contributed by atoms with Crippen molar-refractivity contribution < 1.29 is 4.74 Å². The molecule has 1 saturated carbocycles. The lowest BCUT2D eigenvalue weighted by atomic mass is 9.70. The lowest BCUT2D eigenvalue weighted by Gasteiger charge is -2.44. The monoisotopic (exact) mass is 282 g/mol. The number of hydrogen-bond donors (Lipinski definition) is 1. The summed E-state index contributed by atoms with van der Waals surface area (Å²) in [5, 5.41) is 3.65. The summed E-state index contributed by atoms with van der Waals surface area (Å²) in [6.45, 7) is 11.7. The molecule has 0 aromatic carbocycles. The van der Waals surface area contributed by atoms with Crippen molar-refractivity contribution in [3.05, 3.63) is 0 Å². The predicted molar refractivity (Wildman–Crippen MR) is 85.1 cm³/mol. The van der Waals surface area contributed by atoms with E-state index in [1.807, 2.05) is 7.11 Å². The molecule has 3 atom stereocenters. The average Bonchev–Trinajstić information content (AvgIpc) is 2.84. The van der Waals surface area contributed by atoms with E-state index < -0.39 is 0 Å². The largest absolute Gasteiger partial charge is 0.383 e. The normalized spacial score (nSPS) is 33.8. The highest BCUT2D eigenvalue weighted by molar-refractivity contribution is 4.90. The van der Waals surface area contributed by atoms with Crippen molar-refractivity contribution in [2.45, 2.75) is 65.0 Å². The minimum atomic E-state index is 0.497. The molecular formula is C17H34N2O. The van der Waals surface area contributed by atoms with E-state index in [0.717, 1.165) is 25.1 Å². The molecule has 2 rings (SSSR count). The zero-order valence-electron chi connectivity index (χ0n) is 14.0. The van der Waals surface area contributed by atoms with Crippen molar-refractivity contribution in [3.63, 3.8) is 0 Å². The van der Waals surface area contributed by atoms with Crippen LogP contribution in [-0.2, 0) is 4.74 Å². The Labute approximate surface area is 125 Å². The van der Waals surface area contributed by atoms with Crippen LogP contribution < -0.4 is 5.32 Å². The molecule has 20 heavy (non-hydrogen) atoms. The molecule has 0 amide bonds. The fourth-order valence-corrected chi connectivity index (χ4v) is 4.40. The van der Waals surface area contributed by atoms with Crippen LogP contribution in [-0.4, -0.2) is 50.3 Å². The second kappa shape index (κ2) is 7.24. The molecule has 1 saturated heterocycles. The molecule has 2 fully saturated rings. The van der Waals surface area contributed by atoms with Gasteiger partial charge in [-0.3, -0.25) is 4.90 Å². The van der Waals surface area contributed by atoms with Gasteiger partial charge in [0, 0.05) is 32.3 Å². The summed E-state index contributed by atoms with van der Waals surface area (Å²) in [6.07, 6.45) is 6.77. The van der Waals surface area contributed by atoms with Crippen molar-refractivity contribution in [2.75, 3.05) is 33.4 Å². The van der Waals surface area contributed by atoms with Crippen LogP contribution in [0.5, 0.6) is 0 Å². The molecule has 1 aliphatic heterocycles. The first-order valence-electron chi connectivity index (χ1n) is 8.46. The molecule has 0 radical (unpaired) electrons. The molecule has 3 heteroatoms. The first kappa shape index (κ1) is 16.3. The highest BCUT2D eigenvalue weighted by Crippen LogP contribution is 2.40. The highest BCUT2D eigenvalue weighted by Gasteiger charge is 2.35. The minimum Gasteiger partial charge on any atom is -0.383 e.